The van der Waals surface area contributed by atoms with Crippen LogP contribution in [0, 0.1) is 6.92 Å². The second-order valence-corrected chi connectivity index (χ2v) is 3.14. The minimum absolute atomic E-state index is 0.414. The fourth-order valence-corrected chi connectivity index (χ4v) is 1.07. The molecule has 1 unspecified atom stereocenters. The molecule has 3 nitrogen and oxygen atoms in total. The average molecular weight is 208 g/mol. The Labute approximate surface area is 79.2 Å². The molecular weight excluding hydrogens is 197 g/mol. The number of alkyl halides is 3. The molecule has 0 saturated carbocycles. The number of aliphatic hydroxyl groups excluding tert-OH is 1. The number of aliphatic hydroxyl groups is 1. The molecule has 0 aromatic carbocycles. The maximum atomic E-state index is 12.0. The molecule has 0 saturated heterocycles. The summed E-state index contributed by atoms with van der Waals surface area (Å²) >= 11 is 0. The van der Waals surface area contributed by atoms with Gasteiger partial charge in [0.05, 0.1) is 6.20 Å². The van der Waals surface area contributed by atoms with E-state index in [1.807, 2.05) is 0 Å². The third kappa shape index (κ3) is 2.25. The van der Waals surface area contributed by atoms with Crippen molar-refractivity contribution >= 4 is 0 Å². The lowest BCUT2D eigenvalue weighted by atomic mass is 10.1. The highest BCUT2D eigenvalue weighted by Gasteiger charge is 2.38. The van der Waals surface area contributed by atoms with Crippen molar-refractivity contribution in [1.82, 2.24) is 9.78 Å². The van der Waals surface area contributed by atoms with Crippen molar-refractivity contribution in [3.8, 4) is 0 Å². The Morgan fingerprint density at radius 3 is 2.50 bits per heavy atom. The number of nitrogens with zero attached hydrogens (tertiary/aromatic N) is 2. The molecule has 0 spiro atoms. The van der Waals surface area contributed by atoms with Crippen LogP contribution in [0.15, 0.2) is 6.20 Å². The van der Waals surface area contributed by atoms with Gasteiger partial charge in [-0.25, -0.2) is 0 Å². The SMILES string of the molecule is Cc1c(CC(O)C(F)(F)F)cnn1C. The lowest BCUT2D eigenvalue weighted by Crippen LogP contribution is -2.30. The van der Waals surface area contributed by atoms with Crippen molar-refractivity contribution in [3.05, 3.63) is 17.5 Å². The molecule has 0 aliphatic carbocycles. The minimum atomic E-state index is -4.57. The van der Waals surface area contributed by atoms with E-state index in [9.17, 15) is 13.2 Å². The number of aryl methyl sites for hydroxylation is 1. The standard InChI is InChI=1S/C8H11F3N2O/c1-5-6(4-12-13(5)2)3-7(14)8(9,10)11/h4,7,14H,3H2,1-2H3. The third-order valence-corrected chi connectivity index (χ3v) is 2.13. The molecule has 0 aliphatic rings. The highest BCUT2D eigenvalue weighted by atomic mass is 19.4. The first-order chi connectivity index (χ1) is 6.32. The zero-order valence-corrected chi connectivity index (χ0v) is 7.84. The Bertz CT molecular complexity index is 319. The summed E-state index contributed by atoms with van der Waals surface area (Å²) in [5.74, 6) is 0. The smallest absolute Gasteiger partial charge is 0.383 e. The third-order valence-electron chi connectivity index (χ3n) is 2.13. The highest BCUT2D eigenvalue weighted by molar-refractivity contribution is 5.17. The first-order valence-electron chi connectivity index (χ1n) is 4.04. The van der Waals surface area contributed by atoms with Crippen molar-refractivity contribution in [2.45, 2.75) is 25.6 Å². The predicted molar refractivity (Wildman–Crippen MR) is 43.7 cm³/mol. The predicted octanol–water partition coefficient (Wildman–Crippen LogP) is 1.19. The summed E-state index contributed by atoms with van der Waals surface area (Å²) in [7, 11) is 1.64. The van der Waals surface area contributed by atoms with E-state index in [4.69, 9.17) is 5.11 Å². The topological polar surface area (TPSA) is 38.1 Å². The van der Waals surface area contributed by atoms with Gasteiger partial charge in [-0.3, -0.25) is 4.68 Å². The summed E-state index contributed by atoms with van der Waals surface area (Å²) < 4.78 is 37.5. The van der Waals surface area contributed by atoms with Gasteiger partial charge in [0.1, 0.15) is 0 Å². The van der Waals surface area contributed by atoms with Crippen LogP contribution in [0.2, 0.25) is 0 Å². The van der Waals surface area contributed by atoms with Crippen LogP contribution in [0.4, 0.5) is 13.2 Å². The van der Waals surface area contributed by atoms with E-state index in [1.54, 1.807) is 14.0 Å². The Morgan fingerprint density at radius 2 is 2.14 bits per heavy atom. The molecule has 1 aromatic heterocycles. The van der Waals surface area contributed by atoms with Gasteiger partial charge < -0.3 is 5.11 Å². The number of rotatable bonds is 2. The summed E-state index contributed by atoms with van der Waals surface area (Å²) in [6.07, 6.45) is -5.99. The fraction of sp³-hybridized carbons (Fsp3) is 0.625. The molecule has 0 fully saturated rings. The summed E-state index contributed by atoms with van der Waals surface area (Å²) in [4.78, 5) is 0. The molecule has 0 radical (unpaired) electrons. The van der Waals surface area contributed by atoms with E-state index in [1.165, 1.54) is 10.9 Å². The highest BCUT2D eigenvalue weighted by Crippen LogP contribution is 2.23. The van der Waals surface area contributed by atoms with Gasteiger partial charge in [0, 0.05) is 19.2 Å². The van der Waals surface area contributed by atoms with Crippen LogP contribution in [-0.2, 0) is 13.5 Å². The lowest BCUT2D eigenvalue weighted by Gasteiger charge is -2.13. The summed E-state index contributed by atoms with van der Waals surface area (Å²) in [5, 5.41) is 12.6. The molecule has 0 aliphatic heterocycles. The maximum absolute atomic E-state index is 12.0. The van der Waals surface area contributed by atoms with Crippen molar-refractivity contribution in [2.24, 2.45) is 7.05 Å². The number of halogens is 3. The number of hydrogen-bond donors (Lipinski definition) is 1. The molecule has 6 heteroatoms. The Hall–Kier alpha value is -1.04. The van der Waals surface area contributed by atoms with Gasteiger partial charge >= 0.3 is 6.18 Å². The van der Waals surface area contributed by atoms with E-state index in [2.05, 4.69) is 5.10 Å². The average Bonchev–Trinajstić information content (AvgIpc) is 2.34. The minimum Gasteiger partial charge on any atom is -0.383 e. The molecule has 14 heavy (non-hydrogen) atoms. The van der Waals surface area contributed by atoms with Crippen LogP contribution in [0.1, 0.15) is 11.3 Å². The van der Waals surface area contributed by atoms with Gasteiger partial charge in [0.15, 0.2) is 6.10 Å². The maximum Gasteiger partial charge on any atom is 0.414 e. The second-order valence-electron chi connectivity index (χ2n) is 3.14. The summed E-state index contributed by atoms with van der Waals surface area (Å²) in [5.41, 5.74) is 1.05. The normalized spacial score (nSPS) is 14.4. The van der Waals surface area contributed by atoms with Crippen LogP contribution < -0.4 is 0 Å². The number of hydrogen-bond acceptors (Lipinski definition) is 2. The largest absolute Gasteiger partial charge is 0.414 e. The second kappa shape index (κ2) is 3.61. The number of aromatic nitrogens is 2. The molecular formula is C8H11F3N2O. The van der Waals surface area contributed by atoms with Gasteiger partial charge in [0.25, 0.3) is 0 Å². The summed E-state index contributed by atoms with van der Waals surface area (Å²) in [6, 6.07) is 0. The Morgan fingerprint density at radius 1 is 1.57 bits per heavy atom. The molecule has 1 N–H and O–H groups in total. The van der Waals surface area contributed by atoms with Crippen LogP contribution in [-0.4, -0.2) is 27.2 Å². The van der Waals surface area contributed by atoms with Crippen LogP contribution in [0.5, 0.6) is 0 Å². The molecule has 1 heterocycles. The van der Waals surface area contributed by atoms with E-state index >= 15 is 0 Å². The van der Waals surface area contributed by atoms with Crippen LogP contribution in [0.25, 0.3) is 0 Å². The van der Waals surface area contributed by atoms with Crippen LogP contribution in [0.3, 0.4) is 0 Å². The van der Waals surface area contributed by atoms with E-state index in [0.29, 0.717) is 11.3 Å². The van der Waals surface area contributed by atoms with E-state index in [-0.39, 0.29) is 0 Å². The first kappa shape index (κ1) is 11.0. The van der Waals surface area contributed by atoms with Crippen LogP contribution >= 0.6 is 0 Å². The zero-order chi connectivity index (χ0) is 10.9. The van der Waals surface area contributed by atoms with Crippen molar-refractivity contribution in [3.63, 3.8) is 0 Å². The monoisotopic (exact) mass is 208 g/mol. The fourth-order valence-electron chi connectivity index (χ4n) is 1.07. The van der Waals surface area contributed by atoms with Gasteiger partial charge in [0.2, 0.25) is 0 Å². The molecule has 80 valence electrons. The molecule has 0 amide bonds. The Balaban J connectivity index is 2.75. The zero-order valence-electron chi connectivity index (χ0n) is 7.84. The van der Waals surface area contributed by atoms with Gasteiger partial charge in [-0.05, 0) is 12.5 Å². The van der Waals surface area contributed by atoms with E-state index < -0.39 is 18.7 Å². The first-order valence-corrected chi connectivity index (χ1v) is 4.04. The molecule has 0 bridgehead atoms. The van der Waals surface area contributed by atoms with Gasteiger partial charge in [-0.15, -0.1) is 0 Å². The van der Waals surface area contributed by atoms with Crippen molar-refractivity contribution < 1.29 is 18.3 Å². The molecule has 1 aromatic rings. The van der Waals surface area contributed by atoms with E-state index in [0.717, 1.165) is 0 Å². The summed E-state index contributed by atoms with van der Waals surface area (Å²) in [6.45, 7) is 1.66. The molecule has 1 rings (SSSR count). The Kier molecular flexibility index (Phi) is 2.84. The van der Waals surface area contributed by atoms with Crippen molar-refractivity contribution in [1.29, 1.82) is 0 Å². The quantitative estimate of drug-likeness (QED) is 0.792. The van der Waals surface area contributed by atoms with Gasteiger partial charge in [-0.2, -0.15) is 18.3 Å². The van der Waals surface area contributed by atoms with Gasteiger partial charge in [-0.1, -0.05) is 0 Å². The van der Waals surface area contributed by atoms with Crippen molar-refractivity contribution in [2.75, 3.05) is 0 Å². The lowest BCUT2D eigenvalue weighted by molar-refractivity contribution is -0.203. The molecule has 1 atom stereocenters.